The van der Waals surface area contributed by atoms with Gasteiger partial charge in [-0.05, 0) is 30.0 Å². The molecule has 6 heteroatoms. The van der Waals surface area contributed by atoms with Crippen LogP contribution in [0.25, 0.3) is 0 Å². The van der Waals surface area contributed by atoms with Crippen molar-refractivity contribution in [2.75, 3.05) is 0 Å². The molecule has 0 radical (unpaired) electrons. The van der Waals surface area contributed by atoms with Gasteiger partial charge in [-0.25, -0.2) is 0 Å². The highest BCUT2D eigenvalue weighted by Gasteiger charge is 2.42. The molecular weight excluding hydrogens is 283 g/mol. The zero-order chi connectivity index (χ0) is 15.6. The van der Waals surface area contributed by atoms with E-state index in [0.29, 0.717) is 11.1 Å². The number of aryl methyl sites for hydroxylation is 1. The highest BCUT2D eigenvalue weighted by molar-refractivity contribution is 6.06. The van der Waals surface area contributed by atoms with E-state index in [0.717, 1.165) is 24.8 Å². The zero-order valence-corrected chi connectivity index (χ0v) is 11.6. The largest absolute Gasteiger partial charge is 0.471 e. The fraction of sp³-hybridized carbons (Fsp3) is 0.467. The summed E-state index contributed by atoms with van der Waals surface area (Å²) >= 11 is 0. The van der Waals surface area contributed by atoms with Crippen LogP contribution in [-0.2, 0) is 17.6 Å². The second-order valence-electron chi connectivity index (χ2n) is 5.19. The molecule has 0 aliphatic heterocycles. The number of hydrogen-bond acceptors (Lipinski definition) is 2. The molecule has 0 fully saturated rings. The van der Waals surface area contributed by atoms with Crippen LogP contribution < -0.4 is 5.32 Å². The van der Waals surface area contributed by atoms with Crippen LogP contribution in [0.3, 0.4) is 0 Å². The lowest BCUT2D eigenvalue weighted by Gasteiger charge is -2.12. The number of halogens is 3. The van der Waals surface area contributed by atoms with E-state index in [9.17, 15) is 22.8 Å². The first-order valence-electron chi connectivity index (χ1n) is 6.86. The Bertz CT molecular complexity index is 567. The Balaban J connectivity index is 2.11. The van der Waals surface area contributed by atoms with Crippen LogP contribution in [-0.4, -0.2) is 23.9 Å². The summed E-state index contributed by atoms with van der Waals surface area (Å²) in [6, 6.07) is 4.26. The van der Waals surface area contributed by atoms with Crippen molar-refractivity contribution in [3.05, 3.63) is 34.9 Å². The number of fused-ring (bicyclic) bond motifs is 1. The first-order chi connectivity index (χ1) is 9.82. The number of nitrogens with one attached hydrogen (secondary N) is 1. The number of rotatable bonds is 4. The number of benzene rings is 1. The fourth-order valence-corrected chi connectivity index (χ4v) is 2.42. The van der Waals surface area contributed by atoms with E-state index in [-0.39, 0.29) is 6.42 Å². The van der Waals surface area contributed by atoms with E-state index in [2.05, 4.69) is 6.92 Å². The Labute approximate surface area is 120 Å². The van der Waals surface area contributed by atoms with Crippen molar-refractivity contribution in [3.63, 3.8) is 0 Å². The number of carbonyl (C=O) groups excluding carboxylic acids is 2. The van der Waals surface area contributed by atoms with Gasteiger partial charge >= 0.3 is 12.1 Å². The molecule has 0 saturated carbocycles. The van der Waals surface area contributed by atoms with Gasteiger partial charge in [-0.3, -0.25) is 9.59 Å². The van der Waals surface area contributed by atoms with Crippen LogP contribution in [0.5, 0.6) is 0 Å². The minimum Gasteiger partial charge on any atom is -0.338 e. The number of unbranched alkanes of at least 4 members (excludes halogenated alkanes) is 1. The first kappa shape index (κ1) is 15.5. The van der Waals surface area contributed by atoms with Crippen LogP contribution in [0.1, 0.15) is 41.3 Å². The molecule has 1 aliphatic carbocycles. The maximum atomic E-state index is 12.2. The summed E-state index contributed by atoms with van der Waals surface area (Å²) in [7, 11) is 0. The van der Waals surface area contributed by atoms with Crippen molar-refractivity contribution in [3.8, 4) is 0 Å². The first-order valence-corrected chi connectivity index (χ1v) is 6.86. The van der Waals surface area contributed by atoms with Gasteiger partial charge in [0, 0.05) is 12.0 Å². The molecule has 1 aromatic rings. The summed E-state index contributed by atoms with van der Waals surface area (Å²) in [5, 5.41) is 1.76. The molecule has 21 heavy (non-hydrogen) atoms. The van der Waals surface area contributed by atoms with Crippen molar-refractivity contribution < 1.29 is 22.8 Å². The minimum atomic E-state index is -4.97. The van der Waals surface area contributed by atoms with Gasteiger partial charge in [0.25, 0.3) is 0 Å². The van der Waals surface area contributed by atoms with Crippen LogP contribution in [0.15, 0.2) is 18.2 Å². The lowest BCUT2D eigenvalue weighted by Crippen LogP contribution is -2.45. The third-order valence-corrected chi connectivity index (χ3v) is 3.56. The SMILES string of the molecule is CCCCc1ccc2c(c1)C(=O)C(NC(=O)C(F)(F)F)C2. The van der Waals surface area contributed by atoms with E-state index in [1.165, 1.54) is 0 Å². The van der Waals surface area contributed by atoms with Crippen molar-refractivity contribution in [1.82, 2.24) is 5.32 Å². The van der Waals surface area contributed by atoms with Gasteiger partial charge in [0.05, 0.1) is 6.04 Å². The maximum Gasteiger partial charge on any atom is 0.471 e. The third kappa shape index (κ3) is 3.43. The van der Waals surface area contributed by atoms with E-state index in [1.807, 2.05) is 6.07 Å². The number of ketones is 1. The van der Waals surface area contributed by atoms with Gasteiger partial charge in [0.1, 0.15) is 0 Å². The summed E-state index contributed by atoms with van der Waals surface area (Å²) in [4.78, 5) is 23.0. The summed E-state index contributed by atoms with van der Waals surface area (Å²) < 4.78 is 36.7. The topological polar surface area (TPSA) is 46.2 Å². The summed E-state index contributed by atoms with van der Waals surface area (Å²) in [6.07, 6.45) is -2.02. The normalized spacial score (nSPS) is 17.7. The number of alkyl halides is 3. The Morgan fingerprint density at radius 1 is 1.38 bits per heavy atom. The smallest absolute Gasteiger partial charge is 0.338 e. The second kappa shape index (κ2) is 5.87. The molecule has 1 aromatic carbocycles. The van der Waals surface area contributed by atoms with E-state index < -0.39 is 23.9 Å². The predicted molar refractivity (Wildman–Crippen MR) is 71.1 cm³/mol. The Kier molecular flexibility index (Phi) is 4.34. The van der Waals surface area contributed by atoms with E-state index >= 15 is 0 Å². The van der Waals surface area contributed by atoms with Crippen LogP contribution in [0.2, 0.25) is 0 Å². The Morgan fingerprint density at radius 3 is 2.71 bits per heavy atom. The average molecular weight is 299 g/mol. The van der Waals surface area contributed by atoms with Crippen molar-refractivity contribution in [2.45, 2.75) is 44.8 Å². The third-order valence-electron chi connectivity index (χ3n) is 3.56. The van der Waals surface area contributed by atoms with Gasteiger partial charge in [-0.15, -0.1) is 0 Å². The molecule has 0 aromatic heterocycles. The molecule has 2 rings (SSSR count). The van der Waals surface area contributed by atoms with Crippen LogP contribution in [0, 0.1) is 0 Å². The van der Waals surface area contributed by atoms with E-state index in [1.54, 1.807) is 17.4 Å². The number of Topliss-reactive ketones (excluding diaryl/α,β-unsaturated/α-hetero) is 1. The highest BCUT2D eigenvalue weighted by Crippen LogP contribution is 2.25. The molecule has 1 N–H and O–H groups in total. The molecule has 114 valence electrons. The van der Waals surface area contributed by atoms with Gasteiger partial charge in [-0.1, -0.05) is 25.5 Å². The Hall–Kier alpha value is -1.85. The standard InChI is InChI=1S/C15H16F3NO2/c1-2-3-4-9-5-6-10-8-12(13(20)11(10)7-9)19-14(21)15(16,17)18/h5-7,12H,2-4,8H2,1H3,(H,19,21). The summed E-state index contributed by atoms with van der Waals surface area (Å²) in [6.45, 7) is 2.06. The Morgan fingerprint density at radius 2 is 2.10 bits per heavy atom. The molecule has 0 spiro atoms. The number of hydrogen-bond donors (Lipinski definition) is 1. The lowest BCUT2D eigenvalue weighted by molar-refractivity contribution is -0.174. The molecule has 0 saturated heterocycles. The van der Waals surface area contributed by atoms with Gasteiger partial charge in [0.15, 0.2) is 5.78 Å². The minimum absolute atomic E-state index is 0.115. The second-order valence-corrected chi connectivity index (χ2v) is 5.19. The predicted octanol–water partition coefficient (Wildman–Crippen LogP) is 2.82. The van der Waals surface area contributed by atoms with Crippen molar-refractivity contribution in [1.29, 1.82) is 0 Å². The molecular formula is C15H16F3NO2. The van der Waals surface area contributed by atoms with Gasteiger partial charge in [-0.2, -0.15) is 13.2 Å². The highest BCUT2D eigenvalue weighted by atomic mass is 19.4. The van der Waals surface area contributed by atoms with Crippen LogP contribution in [0.4, 0.5) is 13.2 Å². The lowest BCUT2D eigenvalue weighted by atomic mass is 10.0. The molecule has 3 nitrogen and oxygen atoms in total. The van der Waals surface area contributed by atoms with Gasteiger partial charge in [0.2, 0.25) is 0 Å². The number of amides is 1. The number of carbonyl (C=O) groups is 2. The van der Waals surface area contributed by atoms with Crippen molar-refractivity contribution in [2.24, 2.45) is 0 Å². The molecule has 1 unspecified atom stereocenters. The van der Waals surface area contributed by atoms with E-state index in [4.69, 9.17) is 0 Å². The maximum absolute atomic E-state index is 12.2. The molecule has 1 aliphatic rings. The zero-order valence-electron chi connectivity index (χ0n) is 11.6. The van der Waals surface area contributed by atoms with Crippen molar-refractivity contribution >= 4 is 11.7 Å². The quantitative estimate of drug-likeness (QED) is 0.929. The molecule has 1 atom stereocenters. The average Bonchev–Trinajstić information content (AvgIpc) is 2.72. The fourth-order valence-electron chi connectivity index (χ4n) is 2.42. The molecule has 1 amide bonds. The molecule has 0 bridgehead atoms. The monoisotopic (exact) mass is 299 g/mol. The molecule has 0 heterocycles. The van der Waals surface area contributed by atoms with Gasteiger partial charge < -0.3 is 5.32 Å². The summed E-state index contributed by atoms with van der Waals surface area (Å²) in [5.74, 6) is -2.51. The van der Waals surface area contributed by atoms with Crippen LogP contribution >= 0.6 is 0 Å². The summed E-state index contributed by atoms with van der Waals surface area (Å²) in [5.41, 5.74) is 2.11.